The highest BCUT2D eigenvalue weighted by Gasteiger charge is 2.43. The van der Waals surface area contributed by atoms with Gasteiger partial charge in [-0.3, -0.25) is 9.59 Å². The standard InChI is InChI=1S/C5H6Br2N2O.C5H8N2O.Br2.H2/c1-3-5(6,7)4(10)9(2)8-3;1-4-3-5(8)7(2)6-4;1-2;/h1-2H3;3H2,1-2H3;;1H. The molecule has 6 nitrogen and oxygen atoms in total. The van der Waals surface area contributed by atoms with Gasteiger partial charge in [0, 0.05) is 49.5 Å². The Morgan fingerprint density at radius 1 is 1.10 bits per heavy atom. The fourth-order valence-corrected chi connectivity index (χ4v) is 2.04. The van der Waals surface area contributed by atoms with E-state index in [1.165, 1.54) is 10.0 Å². The molecule has 0 spiro atoms. The number of alkyl halides is 2. The van der Waals surface area contributed by atoms with Crippen molar-refractivity contribution in [2.75, 3.05) is 14.1 Å². The normalized spacial score (nSPS) is 19.8. The van der Waals surface area contributed by atoms with E-state index in [9.17, 15) is 9.59 Å². The van der Waals surface area contributed by atoms with Gasteiger partial charge in [0.1, 0.15) is 0 Å². The van der Waals surface area contributed by atoms with Crippen LogP contribution >= 0.6 is 60.1 Å². The number of rotatable bonds is 0. The average Bonchev–Trinajstić information content (AvgIpc) is 2.75. The van der Waals surface area contributed by atoms with Crippen molar-refractivity contribution >= 4 is 83.4 Å². The molecule has 0 radical (unpaired) electrons. The van der Waals surface area contributed by atoms with Gasteiger partial charge in [0.15, 0.2) is 3.23 Å². The zero-order valence-corrected chi connectivity index (χ0v) is 17.7. The SMILES string of the molecule is BrBr.CC1=NN(C)C(=O)C1.CC1=NN(C)C(=O)C1(Br)Br.[HH]. The number of nitrogens with zero attached hydrogens (tertiary/aromatic N) is 4. The quantitative estimate of drug-likeness (QED) is 0.439. The number of carbonyl (C=O) groups excluding carboxylic acids is 2. The van der Waals surface area contributed by atoms with E-state index in [4.69, 9.17) is 0 Å². The van der Waals surface area contributed by atoms with Crippen molar-refractivity contribution in [1.82, 2.24) is 10.0 Å². The molecule has 0 fully saturated rings. The zero-order chi connectivity index (χ0) is 16.1. The summed E-state index contributed by atoms with van der Waals surface area (Å²) in [6, 6.07) is 0. The van der Waals surface area contributed by atoms with Crippen LogP contribution in [0.5, 0.6) is 0 Å². The molecule has 0 saturated heterocycles. The van der Waals surface area contributed by atoms with E-state index in [1.807, 2.05) is 6.92 Å². The van der Waals surface area contributed by atoms with E-state index in [2.05, 4.69) is 70.3 Å². The van der Waals surface area contributed by atoms with Crippen LogP contribution in [0.3, 0.4) is 0 Å². The maximum Gasteiger partial charge on any atom is 0.276 e. The lowest BCUT2D eigenvalue weighted by Crippen LogP contribution is -2.32. The van der Waals surface area contributed by atoms with E-state index < -0.39 is 3.23 Å². The van der Waals surface area contributed by atoms with E-state index >= 15 is 0 Å². The first-order valence-electron chi connectivity index (χ1n) is 5.33. The van der Waals surface area contributed by atoms with Crippen molar-refractivity contribution in [3.63, 3.8) is 0 Å². The second-order valence-electron chi connectivity index (χ2n) is 4.02. The molecule has 10 heteroatoms. The Morgan fingerprint density at radius 2 is 1.60 bits per heavy atom. The number of hydrogen-bond acceptors (Lipinski definition) is 4. The Kier molecular flexibility index (Phi) is 8.68. The van der Waals surface area contributed by atoms with Crippen molar-refractivity contribution in [3.8, 4) is 0 Å². The number of hydrazone groups is 2. The molecule has 0 saturated carbocycles. The predicted molar refractivity (Wildman–Crippen MR) is 96.9 cm³/mol. The van der Waals surface area contributed by atoms with Gasteiger partial charge in [-0.15, -0.1) is 0 Å². The minimum Gasteiger partial charge on any atom is -0.273 e. The highest BCUT2D eigenvalue weighted by Crippen LogP contribution is 2.34. The van der Waals surface area contributed by atoms with Gasteiger partial charge < -0.3 is 0 Å². The van der Waals surface area contributed by atoms with Crippen LogP contribution in [-0.4, -0.2) is 50.6 Å². The van der Waals surface area contributed by atoms with Crippen molar-refractivity contribution in [1.29, 1.82) is 0 Å². The molecule has 116 valence electrons. The molecule has 2 amide bonds. The summed E-state index contributed by atoms with van der Waals surface area (Å²) in [6.45, 7) is 3.63. The lowest BCUT2D eigenvalue weighted by atomic mass is 10.3. The first-order valence-corrected chi connectivity index (χ1v) is 10.6. The Bertz CT molecular complexity index is 456. The molecule has 2 aliphatic rings. The summed E-state index contributed by atoms with van der Waals surface area (Å²) < 4.78 is -0.755. The minimum atomic E-state index is -0.755. The smallest absolute Gasteiger partial charge is 0.273 e. The molecule has 0 aromatic rings. The Morgan fingerprint density at radius 3 is 1.70 bits per heavy atom. The molecule has 0 N–H and O–H groups in total. The Balaban J connectivity index is 0. The minimum absolute atomic E-state index is 0. The van der Waals surface area contributed by atoms with Crippen LogP contribution in [-0.2, 0) is 9.59 Å². The number of halogens is 4. The molecule has 0 unspecified atom stereocenters. The van der Waals surface area contributed by atoms with E-state index in [-0.39, 0.29) is 13.2 Å². The number of carbonyl (C=O) groups is 2. The van der Waals surface area contributed by atoms with Gasteiger partial charge in [0.05, 0.1) is 12.1 Å². The summed E-state index contributed by atoms with van der Waals surface area (Å²) in [5.74, 6) is -0.00694. The Hall–Kier alpha value is 0.200. The van der Waals surface area contributed by atoms with E-state index in [1.54, 1.807) is 21.0 Å². The third kappa shape index (κ3) is 5.19. The van der Waals surface area contributed by atoms with Crippen molar-refractivity contribution < 1.29 is 11.0 Å². The maximum atomic E-state index is 11.2. The van der Waals surface area contributed by atoms with Crippen LogP contribution in [0.4, 0.5) is 0 Å². The third-order valence-electron chi connectivity index (χ3n) is 2.41. The van der Waals surface area contributed by atoms with Gasteiger partial charge in [-0.2, -0.15) is 10.2 Å². The van der Waals surface area contributed by atoms with Crippen LogP contribution in [0.25, 0.3) is 0 Å². The monoisotopic (exact) mass is 540 g/mol. The zero-order valence-electron chi connectivity index (χ0n) is 11.3. The van der Waals surface area contributed by atoms with Gasteiger partial charge in [0.25, 0.3) is 5.91 Å². The van der Waals surface area contributed by atoms with E-state index in [0.29, 0.717) is 6.42 Å². The molecule has 2 aliphatic heterocycles. The average molecular weight is 544 g/mol. The number of hydrogen-bond donors (Lipinski definition) is 0. The molecule has 2 heterocycles. The third-order valence-corrected chi connectivity index (χ3v) is 4.23. The fraction of sp³-hybridized carbons (Fsp3) is 0.600. The van der Waals surface area contributed by atoms with Crippen molar-refractivity contribution in [2.24, 2.45) is 10.2 Å². The largest absolute Gasteiger partial charge is 0.276 e. The first-order chi connectivity index (χ1) is 9.16. The molecule has 2 rings (SSSR count). The Labute approximate surface area is 151 Å². The topological polar surface area (TPSA) is 65.3 Å². The van der Waals surface area contributed by atoms with Crippen molar-refractivity contribution in [2.45, 2.75) is 23.5 Å². The summed E-state index contributed by atoms with van der Waals surface area (Å²) in [5.41, 5.74) is 1.62. The van der Waals surface area contributed by atoms with Crippen molar-refractivity contribution in [3.05, 3.63) is 0 Å². The number of amides is 2. The van der Waals surface area contributed by atoms with Crippen LogP contribution in [0, 0.1) is 0 Å². The van der Waals surface area contributed by atoms with Gasteiger partial charge in [0.2, 0.25) is 5.91 Å². The second kappa shape index (κ2) is 8.60. The second-order valence-corrected chi connectivity index (χ2v) is 7.46. The van der Waals surface area contributed by atoms with Gasteiger partial charge in [-0.05, 0) is 13.8 Å². The molecule has 0 bridgehead atoms. The van der Waals surface area contributed by atoms with Crippen LogP contribution < -0.4 is 0 Å². The summed E-state index contributed by atoms with van der Waals surface area (Å²) >= 11 is 11.9. The summed E-state index contributed by atoms with van der Waals surface area (Å²) in [7, 11) is 3.29. The molecule has 0 aromatic heterocycles. The van der Waals surface area contributed by atoms with Crippen LogP contribution in [0.15, 0.2) is 10.2 Å². The molecule has 0 atom stereocenters. The molecule has 20 heavy (non-hydrogen) atoms. The highest BCUT2D eigenvalue weighted by molar-refractivity contribution is 9.93. The lowest BCUT2D eigenvalue weighted by Gasteiger charge is -2.10. The fourth-order valence-electron chi connectivity index (χ4n) is 1.37. The van der Waals surface area contributed by atoms with Gasteiger partial charge in [-0.1, -0.05) is 31.9 Å². The highest BCUT2D eigenvalue weighted by atomic mass is 80.9. The van der Waals surface area contributed by atoms with Crippen LogP contribution in [0.1, 0.15) is 21.7 Å². The maximum absolute atomic E-state index is 11.2. The lowest BCUT2D eigenvalue weighted by molar-refractivity contribution is -0.128. The molecular weight excluding hydrogens is 528 g/mol. The first kappa shape index (κ1) is 20.2. The predicted octanol–water partition coefficient (Wildman–Crippen LogP) is 3.48. The summed E-state index contributed by atoms with van der Waals surface area (Å²) in [6.07, 6.45) is 0.497. The van der Waals surface area contributed by atoms with Gasteiger partial charge in [-0.25, -0.2) is 10.0 Å². The summed E-state index contributed by atoms with van der Waals surface area (Å²) in [4.78, 5) is 21.8. The molecule has 0 aliphatic carbocycles. The molecule has 0 aromatic carbocycles. The van der Waals surface area contributed by atoms with E-state index in [0.717, 1.165) is 11.4 Å². The molecular formula is C10H16Br4N4O2. The van der Waals surface area contributed by atoms with Crippen LogP contribution in [0.2, 0.25) is 0 Å². The van der Waals surface area contributed by atoms with Gasteiger partial charge >= 0.3 is 0 Å². The summed E-state index contributed by atoms with van der Waals surface area (Å²) in [5, 5.41) is 10.5.